The van der Waals surface area contributed by atoms with E-state index in [9.17, 15) is 9.00 Å². The van der Waals surface area contributed by atoms with Gasteiger partial charge in [-0.25, -0.2) is 4.98 Å². The van der Waals surface area contributed by atoms with E-state index in [1.807, 2.05) is 24.3 Å². The number of nitrogens with one attached hydrogen (secondary N) is 2. The molecule has 4 aliphatic rings. The van der Waals surface area contributed by atoms with Gasteiger partial charge in [0, 0.05) is 33.6 Å². The highest BCUT2D eigenvalue weighted by molar-refractivity contribution is 7.85. The maximum Gasteiger partial charge on any atom is 0.236 e. The number of piperidine rings is 1. The maximum atomic E-state index is 13.1. The molecular formula is C25H31N5O2S. The monoisotopic (exact) mass is 465 g/mol. The summed E-state index contributed by atoms with van der Waals surface area (Å²) in [6.07, 6.45) is 8.16. The van der Waals surface area contributed by atoms with Crippen molar-refractivity contribution < 1.29 is 9.00 Å². The zero-order valence-corrected chi connectivity index (χ0v) is 20.1. The zero-order chi connectivity index (χ0) is 22.8. The van der Waals surface area contributed by atoms with Gasteiger partial charge in [-0.15, -0.1) is 0 Å². The van der Waals surface area contributed by atoms with Gasteiger partial charge >= 0.3 is 0 Å². The molecule has 1 saturated heterocycles. The Morgan fingerprint density at radius 3 is 2.45 bits per heavy atom. The highest BCUT2D eigenvalue weighted by atomic mass is 32.2. The lowest BCUT2D eigenvalue weighted by Crippen LogP contribution is -2.51. The van der Waals surface area contributed by atoms with Crippen molar-refractivity contribution in [3.8, 4) is 0 Å². The zero-order valence-electron chi connectivity index (χ0n) is 19.3. The third-order valence-corrected chi connectivity index (χ3v) is 9.95. The molecule has 0 bridgehead atoms. The first-order chi connectivity index (χ1) is 15.9. The first-order valence-corrected chi connectivity index (χ1v) is 13.3. The number of amides is 1. The smallest absolute Gasteiger partial charge is 0.236 e. The number of anilines is 3. The predicted octanol–water partition coefficient (Wildman–Crippen LogP) is 3.96. The van der Waals surface area contributed by atoms with Crippen LogP contribution in [0.5, 0.6) is 0 Å². The van der Waals surface area contributed by atoms with E-state index in [-0.39, 0.29) is 16.6 Å². The van der Waals surface area contributed by atoms with E-state index in [0.29, 0.717) is 23.2 Å². The van der Waals surface area contributed by atoms with E-state index >= 15 is 0 Å². The largest absolute Gasteiger partial charge is 0.324 e. The molecule has 6 rings (SSSR count). The third kappa shape index (κ3) is 3.58. The van der Waals surface area contributed by atoms with Crippen molar-refractivity contribution in [2.75, 3.05) is 23.7 Å². The summed E-state index contributed by atoms with van der Waals surface area (Å²) in [6, 6.07) is 8.37. The molecule has 1 amide bonds. The van der Waals surface area contributed by atoms with Gasteiger partial charge in [0.05, 0.1) is 16.2 Å². The standard InChI is InChI=1S/C25H31N5O2S/c1-16(2)30-11-9-24(10-12-30)13-19(14-24)33(32)18-5-3-17(4-6-18)27-23-26-15-20-21(29-23)28-22(31)25(20)7-8-25/h3-6,15-16,19H,7-14H2,1-2H3,(H2,26,27,28,29,31). The highest BCUT2D eigenvalue weighted by Crippen LogP contribution is 2.54. The summed E-state index contributed by atoms with van der Waals surface area (Å²) >= 11 is 0. The molecule has 2 spiro atoms. The van der Waals surface area contributed by atoms with Gasteiger partial charge in [-0.3, -0.25) is 9.00 Å². The Balaban J connectivity index is 1.07. The van der Waals surface area contributed by atoms with Crippen LogP contribution < -0.4 is 10.6 Å². The highest BCUT2D eigenvalue weighted by Gasteiger charge is 2.57. The quantitative estimate of drug-likeness (QED) is 0.695. The topological polar surface area (TPSA) is 87.2 Å². The summed E-state index contributed by atoms with van der Waals surface area (Å²) in [5.74, 6) is 1.11. The summed E-state index contributed by atoms with van der Waals surface area (Å²) in [7, 11) is -0.967. The number of likely N-dealkylation sites (tertiary alicyclic amines) is 1. The number of carbonyl (C=O) groups excluding carboxylic acids is 1. The van der Waals surface area contributed by atoms with Crippen molar-refractivity contribution in [1.82, 2.24) is 14.9 Å². The van der Waals surface area contributed by atoms with Crippen molar-refractivity contribution in [3.05, 3.63) is 36.0 Å². The Hall–Kier alpha value is -2.32. The van der Waals surface area contributed by atoms with E-state index in [4.69, 9.17) is 0 Å². The fourth-order valence-corrected chi connectivity index (χ4v) is 7.63. The molecule has 2 aliphatic heterocycles. The molecule has 33 heavy (non-hydrogen) atoms. The summed E-state index contributed by atoms with van der Waals surface area (Å²) in [4.78, 5) is 24.5. The van der Waals surface area contributed by atoms with Gasteiger partial charge in [-0.05, 0) is 95.1 Å². The lowest BCUT2D eigenvalue weighted by Gasteiger charge is -2.52. The molecule has 2 aromatic rings. The SMILES string of the molecule is CC(C)N1CCC2(CC1)CC(S(=O)c1ccc(Nc3ncc4c(n3)NC(=O)C43CC3)cc1)C2. The van der Waals surface area contributed by atoms with Crippen LogP contribution in [-0.2, 0) is 21.0 Å². The van der Waals surface area contributed by atoms with Crippen LogP contribution in [0.1, 0.15) is 57.9 Å². The predicted molar refractivity (Wildman–Crippen MR) is 129 cm³/mol. The maximum absolute atomic E-state index is 13.1. The number of nitrogens with zero attached hydrogens (tertiary/aromatic N) is 3. The van der Waals surface area contributed by atoms with E-state index in [1.54, 1.807) is 6.20 Å². The Morgan fingerprint density at radius 1 is 1.12 bits per heavy atom. The van der Waals surface area contributed by atoms with E-state index in [2.05, 4.69) is 39.3 Å². The Kier molecular flexibility index (Phi) is 4.89. The second kappa shape index (κ2) is 7.60. The van der Waals surface area contributed by atoms with Crippen molar-refractivity contribution in [2.24, 2.45) is 5.41 Å². The number of benzene rings is 1. The van der Waals surface area contributed by atoms with Crippen LogP contribution in [-0.4, -0.2) is 49.4 Å². The van der Waals surface area contributed by atoms with Crippen LogP contribution in [0.3, 0.4) is 0 Å². The molecule has 7 nitrogen and oxygen atoms in total. The number of rotatable bonds is 5. The average molecular weight is 466 g/mol. The fraction of sp³-hybridized carbons (Fsp3) is 0.560. The minimum absolute atomic E-state index is 0.0408. The average Bonchev–Trinajstić information content (AvgIpc) is 3.54. The van der Waals surface area contributed by atoms with E-state index in [1.165, 1.54) is 25.9 Å². The lowest BCUT2D eigenvalue weighted by molar-refractivity contribution is -0.117. The number of hydrogen-bond donors (Lipinski definition) is 2. The molecule has 1 aromatic carbocycles. The van der Waals surface area contributed by atoms with Crippen LogP contribution in [0, 0.1) is 5.41 Å². The lowest BCUT2D eigenvalue weighted by atomic mass is 9.63. The molecule has 3 fully saturated rings. The van der Waals surface area contributed by atoms with Gasteiger partial charge in [-0.2, -0.15) is 4.98 Å². The summed E-state index contributed by atoms with van der Waals surface area (Å²) in [5.41, 5.74) is 1.81. The van der Waals surface area contributed by atoms with E-state index in [0.717, 1.165) is 41.8 Å². The van der Waals surface area contributed by atoms with E-state index < -0.39 is 10.8 Å². The second-order valence-corrected chi connectivity index (χ2v) is 12.3. The van der Waals surface area contributed by atoms with Crippen LogP contribution in [0.25, 0.3) is 0 Å². The van der Waals surface area contributed by atoms with Crippen LogP contribution in [0.2, 0.25) is 0 Å². The van der Waals surface area contributed by atoms with Crippen LogP contribution in [0.4, 0.5) is 17.5 Å². The van der Waals surface area contributed by atoms with Gasteiger partial charge < -0.3 is 15.5 Å². The minimum Gasteiger partial charge on any atom is -0.324 e. The number of hydrogen-bond acceptors (Lipinski definition) is 6. The molecule has 2 saturated carbocycles. The number of aromatic nitrogens is 2. The molecular weight excluding hydrogens is 434 g/mol. The van der Waals surface area contributed by atoms with Crippen molar-refractivity contribution in [1.29, 1.82) is 0 Å². The van der Waals surface area contributed by atoms with Gasteiger partial charge in [0.25, 0.3) is 0 Å². The summed E-state index contributed by atoms with van der Waals surface area (Å²) in [6.45, 7) is 6.89. The van der Waals surface area contributed by atoms with Gasteiger partial charge in [0.1, 0.15) is 5.82 Å². The van der Waals surface area contributed by atoms with Crippen molar-refractivity contribution in [2.45, 2.75) is 74.0 Å². The van der Waals surface area contributed by atoms with Crippen molar-refractivity contribution >= 4 is 34.2 Å². The number of carbonyl (C=O) groups is 1. The molecule has 3 heterocycles. The fourth-order valence-electron chi connectivity index (χ4n) is 5.83. The molecule has 2 N–H and O–H groups in total. The molecule has 0 radical (unpaired) electrons. The van der Waals surface area contributed by atoms with Gasteiger partial charge in [-0.1, -0.05) is 0 Å². The van der Waals surface area contributed by atoms with Gasteiger partial charge in [0.15, 0.2) is 0 Å². The number of fused-ring (bicyclic) bond motifs is 2. The Bertz CT molecular complexity index is 1110. The van der Waals surface area contributed by atoms with Crippen LogP contribution in [0.15, 0.2) is 35.4 Å². The third-order valence-electron chi connectivity index (χ3n) is 8.28. The minimum atomic E-state index is -0.967. The molecule has 1 atom stereocenters. The molecule has 2 aliphatic carbocycles. The van der Waals surface area contributed by atoms with Crippen molar-refractivity contribution in [3.63, 3.8) is 0 Å². The Morgan fingerprint density at radius 2 is 1.82 bits per heavy atom. The van der Waals surface area contributed by atoms with Gasteiger partial charge in [0.2, 0.25) is 11.9 Å². The first kappa shape index (κ1) is 21.2. The normalized spacial score (nSPS) is 23.9. The molecule has 8 heteroatoms. The second-order valence-electron chi connectivity index (χ2n) is 10.6. The molecule has 174 valence electrons. The first-order valence-electron chi connectivity index (χ1n) is 12.1. The van der Waals surface area contributed by atoms with Crippen LogP contribution >= 0.6 is 0 Å². The summed E-state index contributed by atoms with van der Waals surface area (Å²) < 4.78 is 13.1. The molecule has 1 unspecified atom stereocenters. The summed E-state index contributed by atoms with van der Waals surface area (Å²) in [5, 5.41) is 6.36. The molecule has 1 aromatic heterocycles. The Labute approximate surface area is 197 Å².